The Kier molecular flexibility index (Phi) is 3.83. The van der Waals surface area contributed by atoms with Gasteiger partial charge in [-0.25, -0.2) is 4.79 Å². The van der Waals surface area contributed by atoms with Gasteiger partial charge in [-0.05, 0) is 30.2 Å². The van der Waals surface area contributed by atoms with E-state index in [-0.39, 0.29) is 17.8 Å². The Bertz CT molecular complexity index is 709. The summed E-state index contributed by atoms with van der Waals surface area (Å²) in [6.45, 7) is 1.87. The van der Waals surface area contributed by atoms with Crippen molar-refractivity contribution in [3.8, 4) is 5.75 Å². The lowest BCUT2D eigenvalue weighted by molar-refractivity contribution is -0.139. The van der Waals surface area contributed by atoms with Crippen molar-refractivity contribution in [1.82, 2.24) is 0 Å². The van der Waals surface area contributed by atoms with E-state index in [1.807, 2.05) is 43.3 Å². The molecule has 4 heteroatoms. The number of para-hydroxylation sites is 2. The molecule has 0 aromatic heterocycles. The molecule has 2 atom stereocenters. The lowest BCUT2D eigenvalue weighted by Crippen LogP contribution is -2.27. The molecule has 0 fully saturated rings. The van der Waals surface area contributed by atoms with Crippen LogP contribution in [0.4, 0.5) is 5.69 Å². The fourth-order valence-electron chi connectivity index (χ4n) is 2.61. The predicted octanol–water partition coefficient (Wildman–Crippen LogP) is 3.42. The van der Waals surface area contributed by atoms with Gasteiger partial charge in [-0.2, -0.15) is 0 Å². The second kappa shape index (κ2) is 5.93. The molecule has 0 saturated heterocycles. The lowest BCUT2D eigenvalue weighted by atomic mass is 9.96. The highest BCUT2D eigenvalue weighted by molar-refractivity contribution is 5.86. The van der Waals surface area contributed by atoms with Gasteiger partial charge < -0.3 is 15.2 Å². The van der Waals surface area contributed by atoms with E-state index in [1.165, 1.54) is 6.08 Å². The quantitative estimate of drug-likeness (QED) is 0.670. The first-order valence-corrected chi connectivity index (χ1v) is 7.13. The van der Waals surface area contributed by atoms with Gasteiger partial charge in [0.2, 0.25) is 0 Å². The molecule has 0 spiro atoms. The van der Waals surface area contributed by atoms with Crippen LogP contribution in [0.15, 0.2) is 66.2 Å². The molecule has 112 valence electrons. The number of phenolic OH excluding ortho intramolecular Hbond substituents is 1. The number of carbonyl (C=O) groups excluding carboxylic acids is 1. The van der Waals surface area contributed by atoms with E-state index in [1.54, 1.807) is 18.2 Å². The van der Waals surface area contributed by atoms with Crippen LogP contribution in [0.2, 0.25) is 0 Å². The molecule has 0 unspecified atom stereocenters. The van der Waals surface area contributed by atoms with Gasteiger partial charge in [-0.3, -0.25) is 0 Å². The molecule has 22 heavy (non-hydrogen) atoms. The van der Waals surface area contributed by atoms with E-state index >= 15 is 0 Å². The number of aromatic hydroxyl groups is 1. The number of nitrogens with one attached hydrogen (secondary N) is 1. The van der Waals surface area contributed by atoms with Gasteiger partial charge in [0.25, 0.3) is 0 Å². The number of hydrogen-bond acceptors (Lipinski definition) is 4. The Balaban J connectivity index is 1.96. The number of ether oxygens (including phenoxy) is 1. The van der Waals surface area contributed by atoms with E-state index < -0.39 is 6.10 Å². The van der Waals surface area contributed by atoms with E-state index in [0.29, 0.717) is 5.69 Å². The maximum Gasteiger partial charge on any atom is 0.331 e. The van der Waals surface area contributed by atoms with Crippen LogP contribution in [0.25, 0.3) is 0 Å². The minimum atomic E-state index is -0.394. The van der Waals surface area contributed by atoms with Crippen molar-refractivity contribution in [2.75, 3.05) is 5.32 Å². The fourth-order valence-corrected chi connectivity index (χ4v) is 2.61. The first kappa shape index (κ1) is 14.2. The number of anilines is 1. The number of phenols is 1. The van der Waals surface area contributed by atoms with Gasteiger partial charge in [-0.1, -0.05) is 42.5 Å². The third-order valence-electron chi connectivity index (χ3n) is 3.71. The molecule has 0 amide bonds. The second-order valence-corrected chi connectivity index (χ2v) is 5.30. The van der Waals surface area contributed by atoms with Crippen LogP contribution in [0, 0.1) is 0 Å². The van der Waals surface area contributed by atoms with Crippen LogP contribution in [0.3, 0.4) is 0 Å². The number of carbonyl (C=O) groups is 1. The minimum absolute atomic E-state index is 0.161. The number of rotatable bonds is 4. The highest BCUT2D eigenvalue weighted by Crippen LogP contribution is 2.34. The summed E-state index contributed by atoms with van der Waals surface area (Å²) < 4.78 is 5.43. The standard InChI is InChI=1S/C18H17NO3/c1-12-11-16(21)22-18(12)17(13-7-3-2-4-8-13)19-14-9-5-6-10-15(14)20/h2-11,17-20H,1H3/t17-,18+/m0/s1. The third-order valence-corrected chi connectivity index (χ3v) is 3.71. The fraction of sp³-hybridized carbons (Fsp3) is 0.167. The molecule has 4 nitrogen and oxygen atoms in total. The zero-order valence-electron chi connectivity index (χ0n) is 12.2. The number of hydrogen-bond donors (Lipinski definition) is 2. The SMILES string of the molecule is CC1=CC(=O)O[C@H]1[C@@H](Nc1ccccc1O)c1ccccc1. The molecular formula is C18H17NO3. The molecule has 1 heterocycles. The Morgan fingerprint density at radius 3 is 2.41 bits per heavy atom. The van der Waals surface area contributed by atoms with E-state index in [0.717, 1.165) is 11.1 Å². The Hall–Kier alpha value is -2.75. The summed E-state index contributed by atoms with van der Waals surface area (Å²) in [5.41, 5.74) is 2.45. The van der Waals surface area contributed by atoms with Crippen molar-refractivity contribution < 1.29 is 14.6 Å². The first-order chi connectivity index (χ1) is 10.6. The maximum atomic E-state index is 11.5. The highest BCUT2D eigenvalue weighted by Gasteiger charge is 2.32. The van der Waals surface area contributed by atoms with Crippen LogP contribution < -0.4 is 5.32 Å². The molecule has 1 aliphatic heterocycles. The van der Waals surface area contributed by atoms with Crippen molar-refractivity contribution in [3.63, 3.8) is 0 Å². The average molecular weight is 295 g/mol. The monoisotopic (exact) mass is 295 g/mol. The summed E-state index contributed by atoms with van der Waals surface area (Å²) in [4.78, 5) is 11.5. The summed E-state index contributed by atoms with van der Waals surface area (Å²) in [5.74, 6) is -0.170. The first-order valence-electron chi connectivity index (χ1n) is 7.13. The van der Waals surface area contributed by atoms with Crippen molar-refractivity contribution in [1.29, 1.82) is 0 Å². The van der Waals surface area contributed by atoms with E-state index in [9.17, 15) is 9.90 Å². The minimum Gasteiger partial charge on any atom is -0.506 e. The largest absolute Gasteiger partial charge is 0.506 e. The van der Waals surface area contributed by atoms with Crippen LogP contribution in [-0.4, -0.2) is 17.2 Å². The normalized spacial score (nSPS) is 18.5. The van der Waals surface area contributed by atoms with E-state index in [2.05, 4.69) is 5.32 Å². The molecule has 1 aliphatic rings. The van der Waals surface area contributed by atoms with Gasteiger partial charge in [-0.15, -0.1) is 0 Å². The maximum absolute atomic E-state index is 11.5. The number of cyclic esters (lactones) is 1. The van der Waals surface area contributed by atoms with Gasteiger partial charge in [0.15, 0.2) is 0 Å². The predicted molar refractivity (Wildman–Crippen MR) is 84.5 cm³/mol. The number of esters is 1. The Morgan fingerprint density at radius 1 is 1.09 bits per heavy atom. The average Bonchev–Trinajstić information content (AvgIpc) is 2.86. The molecule has 0 radical (unpaired) electrons. The molecule has 0 aliphatic carbocycles. The zero-order valence-corrected chi connectivity index (χ0v) is 12.2. The van der Waals surface area contributed by atoms with Crippen LogP contribution in [-0.2, 0) is 9.53 Å². The van der Waals surface area contributed by atoms with Crippen LogP contribution in [0.5, 0.6) is 5.75 Å². The Morgan fingerprint density at radius 2 is 1.77 bits per heavy atom. The van der Waals surface area contributed by atoms with Gasteiger partial charge in [0.05, 0.1) is 11.7 Å². The second-order valence-electron chi connectivity index (χ2n) is 5.30. The molecular weight excluding hydrogens is 278 g/mol. The van der Waals surface area contributed by atoms with Gasteiger partial charge in [0, 0.05) is 6.08 Å². The smallest absolute Gasteiger partial charge is 0.331 e. The molecule has 2 aromatic carbocycles. The molecule has 0 bridgehead atoms. The van der Waals surface area contributed by atoms with Crippen molar-refractivity contribution >= 4 is 11.7 Å². The Labute approximate surface area is 129 Å². The van der Waals surface area contributed by atoms with Gasteiger partial charge in [0.1, 0.15) is 11.9 Å². The van der Waals surface area contributed by atoms with Crippen molar-refractivity contribution in [2.45, 2.75) is 19.1 Å². The summed E-state index contributed by atoms with van der Waals surface area (Å²) in [5, 5.41) is 13.3. The topological polar surface area (TPSA) is 58.6 Å². The summed E-state index contributed by atoms with van der Waals surface area (Å²) >= 11 is 0. The molecule has 3 rings (SSSR count). The summed E-state index contributed by atoms with van der Waals surface area (Å²) in [6, 6.07) is 16.5. The third kappa shape index (κ3) is 2.81. The molecule has 2 aromatic rings. The van der Waals surface area contributed by atoms with E-state index in [4.69, 9.17) is 4.74 Å². The van der Waals surface area contributed by atoms with Gasteiger partial charge >= 0.3 is 5.97 Å². The van der Waals surface area contributed by atoms with Crippen molar-refractivity contribution in [3.05, 3.63) is 71.8 Å². The van der Waals surface area contributed by atoms with Crippen molar-refractivity contribution in [2.24, 2.45) is 0 Å². The molecule has 0 saturated carbocycles. The summed E-state index contributed by atoms with van der Waals surface area (Å²) in [7, 11) is 0. The lowest BCUT2D eigenvalue weighted by Gasteiger charge is -2.27. The van der Waals surface area contributed by atoms with Crippen LogP contribution in [0.1, 0.15) is 18.5 Å². The number of benzene rings is 2. The molecule has 2 N–H and O–H groups in total. The summed E-state index contributed by atoms with van der Waals surface area (Å²) in [6.07, 6.45) is 1.11. The zero-order chi connectivity index (χ0) is 15.5. The highest BCUT2D eigenvalue weighted by atomic mass is 16.5. The van der Waals surface area contributed by atoms with Crippen LogP contribution >= 0.6 is 0 Å².